The van der Waals surface area contributed by atoms with Crippen LogP contribution >= 0.6 is 0 Å². The largest absolute Gasteiger partial charge is 0.397 e. The van der Waals surface area contributed by atoms with Crippen molar-refractivity contribution in [1.82, 2.24) is 4.90 Å². The lowest BCUT2D eigenvalue weighted by atomic mass is 10.2. The van der Waals surface area contributed by atoms with Gasteiger partial charge >= 0.3 is 0 Å². The average molecular weight is 124 g/mol. The van der Waals surface area contributed by atoms with Crippen LogP contribution in [0.15, 0.2) is 23.5 Å². The number of hydrogen-bond acceptors (Lipinski definition) is 2. The molecule has 0 aromatic heterocycles. The highest BCUT2D eigenvalue weighted by atomic mass is 15.1. The van der Waals surface area contributed by atoms with Crippen LogP contribution in [-0.4, -0.2) is 18.5 Å². The van der Waals surface area contributed by atoms with Crippen molar-refractivity contribution in [2.45, 2.75) is 6.92 Å². The third-order valence-corrected chi connectivity index (χ3v) is 1.67. The Morgan fingerprint density at radius 3 is 2.78 bits per heavy atom. The molecule has 0 amide bonds. The summed E-state index contributed by atoms with van der Waals surface area (Å²) in [5, 5.41) is 0. The van der Waals surface area contributed by atoms with E-state index >= 15 is 0 Å². The summed E-state index contributed by atoms with van der Waals surface area (Å²) in [5.74, 6) is 0. The van der Waals surface area contributed by atoms with E-state index in [1.807, 2.05) is 20.0 Å². The van der Waals surface area contributed by atoms with Crippen molar-refractivity contribution >= 4 is 0 Å². The first-order valence-electron chi connectivity index (χ1n) is 3.06. The van der Waals surface area contributed by atoms with Crippen LogP contribution in [0.1, 0.15) is 6.92 Å². The molecule has 0 aromatic carbocycles. The molecule has 2 N–H and O–H groups in total. The average Bonchev–Trinajstić information content (AvgIpc) is 1.83. The van der Waals surface area contributed by atoms with Crippen LogP contribution in [0.25, 0.3) is 0 Å². The SMILES string of the molecule is CC1=C(N)C=CCN1C. The highest BCUT2D eigenvalue weighted by molar-refractivity contribution is 5.24. The van der Waals surface area contributed by atoms with Crippen molar-refractivity contribution in [1.29, 1.82) is 0 Å². The Labute approximate surface area is 55.6 Å². The van der Waals surface area contributed by atoms with Crippen LogP contribution in [0.5, 0.6) is 0 Å². The van der Waals surface area contributed by atoms with Crippen LogP contribution in [0.4, 0.5) is 0 Å². The number of hydrogen-bond donors (Lipinski definition) is 1. The topological polar surface area (TPSA) is 29.3 Å². The standard InChI is InChI=1S/C7H12N2/c1-6-7(8)4-3-5-9(6)2/h3-4H,5,8H2,1-2H3. The highest BCUT2D eigenvalue weighted by Crippen LogP contribution is 2.08. The van der Waals surface area contributed by atoms with Crippen molar-refractivity contribution in [2.75, 3.05) is 13.6 Å². The summed E-state index contributed by atoms with van der Waals surface area (Å²) < 4.78 is 0. The van der Waals surface area contributed by atoms with Gasteiger partial charge in [0.2, 0.25) is 0 Å². The maximum atomic E-state index is 5.62. The minimum atomic E-state index is 0.878. The summed E-state index contributed by atoms with van der Waals surface area (Å²) in [7, 11) is 2.03. The molecule has 0 radical (unpaired) electrons. The summed E-state index contributed by atoms with van der Waals surface area (Å²) in [6.45, 7) is 3.01. The van der Waals surface area contributed by atoms with Gasteiger partial charge in [-0.15, -0.1) is 0 Å². The molecule has 1 heterocycles. The van der Waals surface area contributed by atoms with Crippen molar-refractivity contribution in [3.05, 3.63) is 23.5 Å². The maximum Gasteiger partial charge on any atom is 0.0503 e. The number of rotatable bonds is 0. The van der Waals surface area contributed by atoms with Gasteiger partial charge in [0, 0.05) is 19.3 Å². The van der Waals surface area contributed by atoms with Gasteiger partial charge in [-0.2, -0.15) is 0 Å². The first-order valence-corrected chi connectivity index (χ1v) is 3.06. The fraction of sp³-hybridized carbons (Fsp3) is 0.429. The second-order valence-corrected chi connectivity index (χ2v) is 2.32. The first-order chi connectivity index (χ1) is 4.22. The Balaban J connectivity index is 2.83. The van der Waals surface area contributed by atoms with Crippen molar-refractivity contribution < 1.29 is 0 Å². The van der Waals surface area contributed by atoms with E-state index in [-0.39, 0.29) is 0 Å². The lowest BCUT2D eigenvalue weighted by molar-refractivity contribution is 0.454. The molecule has 9 heavy (non-hydrogen) atoms. The fourth-order valence-electron chi connectivity index (χ4n) is 0.816. The lowest BCUT2D eigenvalue weighted by Crippen LogP contribution is -2.22. The molecule has 0 saturated carbocycles. The molecule has 0 atom stereocenters. The minimum Gasteiger partial charge on any atom is -0.397 e. The molecule has 0 aliphatic carbocycles. The molecule has 50 valence electrons. The number of nitrogens with two attached hydrogens (primary N) is 1. The monoisotopic (exact) mass is 124 g/mol. The Bertz CT molecular complexity index is 168. The second-order valence-electron chi connectivity index (χ2n) is 2.32. The third-order valence-electron chi connectivity index (χ3n) is 1.67. The zero-order valence-corrected chi connectivity index (χ0v) is 5.89. The quantitative estimate of drug-likeness (QED) is 0.514. The zero-order valence-electron chi connectivity index (χ0n) is 5.89. The van der Waals surface area contributed by atoms with E-state index in [1.165, 1.54) is 0 Å². The first kappa shape index (κ1) is 6.20. The number of nitrogens with zero attached hydrogens (tertiary/aromatic N) is 1. The normalized spacial score (nSPS) is 19.1. The maximum absolute atomic E-state index is 5.62. The van der Waals surface area contributed by atoms with Crippen LogP contribution in [0, 0.1) is 0 Å². The summed E-state index contributed by atoms with van der Waals surface area (Å²) in [6, 6.07) is 0. The van der Waals surface area contributed by atoms with E-state index in [0.717, 1.165) is 17.9 Å². The van der Waals surface area contributed by atoms with E-state index in [1.54, 1.807) is 0 Å². The van der Waals surface area contributed by atoms with E-state index in [9.17, 15) is 0 Å². The molecular weight excluding hydrogens is 112 g/mol. The van der Waals surface area contributed by atoms with E-state index in [0.29, 0.717) is 0 Å². The lowest BCUT2D eigenvalue weighted by Gasteiger charge is -2.22. The predicted octanol–water partition coefficient (Wildman–Crippen LogP) is 0.678. The van der Waals surface area contributed by atoms with Crippen molar-refractivity contribution in [3.8, 4) is 0 Å². The van der Waals surface area contributed by atoms with E-state index < -0.39 is 0 Å². The Kier molecular flexibility index (Phi) is 1.47. The summed E-state index contributed by atoms with van der Waals surface area (Å²) in [6.07, 6.45) is 4.01. The molecule has 0 aromatic rings. The summed E-state index contributed by atoms with van der Waals surface area (Å²) >= 11 is 0. The molecule has 2 nitrogen and oxygen atoms in total. The third kappa shape index (κ3) is 1.07. The Morgan fingerprint density at radius 1 is 1.67 bits per heavy atom. The molecular formula is C7H12N2. The molecule has 1 aliphatic rings. The van der Waals surface area contributed by atoms with Gasteiger partial charge in [0.15, 0.2) is 0 Å². The molecule has 0 spiro atoms. The zero-order chi connectivity index (χ0) is 6.85. The van der Waals surface area contributed by atoms with Crippen LogP contribution in [0.2, 0.25) is 0 Å². The van der Waals surface area contributed by atoms with Gasteiger partial charge in [0.05, 0.1) is 5.70 Å². The van der Waals surface area contributed by atoms with Crippen molar-refractivity contribution in [3.63, 3.8) is 0 Å². The number of likely N-dealkylation sites (N-methyl/N-ethyl adjacent to an activating group) is 1. The van der Waals surface area contributed by atoms with Gasteiger partial charge in [-0.3, -0.25) is 0 Å². The molecule has 1 rings (SSSR count). The van der Waals surface area contributed by atoms with Gasteiger partial charge in [0.25, 0.3) is 0 Å². The Morgan fingerprint density at radius 2 is 2.33 bits per heavy atom. The fourth-order valence-corrected chi connectivity index (χ4v) is 0.816. The van der Waals surface area contributed by atoms with Gasteiger partial charge in [0.1, 0.15) is 0 Å². The number of allylic oxidation sites excluding steroid dienone is 2. The summed E-state index contributed by atoms with van der Waals surface area (Å²) in [5.41, 5.74) is 7.66. The van der Waals surface area contributed by atoms with E-state index in [4.69, 9.17) is 5.73 Å². The van der Waals surface area contributed by atoms with Crippen molar-refractivity contribution in [2.24, 2.45) is 5.73 Å². The summed E-state index contributed by atoms with van der Waals surface area (Å²) in [4.78, 5) is 2.12. The molecule has 0 saturated heterocycles. The van der Waals surface area contributed by atoms with Crippen LogP contribution in [-0.2, 0) is 0 Å². The van der Waals surface area contributed by atoms with Gasteiger partial charge < -0.3 is 10.6 Å². The Hall–Kier alpha value is -0.920. The van der Waals surface area contributed by atoms with E-state index in [2.05, 4.69) is 11.0 Å². The predicted molar refractivity (Wildman–Crippen MR) is 38.7 cm³/mol. The molecule has 0 bridgehead atoms. The second kappa shape index (κ2) is 2.13. The van der Waals surface area contributed by atoms with Crippen LogP contribution < -0.4 is 5.73 Å². The molecule has 0 unspecified atom stereocenters. The molecule has 2 heteroatoms. The van der Waals surface area contributed by atoms with Crippen LogP contribution in [0.3, 0.4) is 0 Å². The van der Waals surface area contributed by atoms with Gasteiger partial charge in [-0.05, 0) is 13.0 Å². The molecule has 1 aliphatic heterocycles. The highest BCUT2D eigenvalue weighted by Gasteiger charge is 2.03. The van der Waals surface area contributed by atoms with Gasteiger partial charge in [-0.1, -0.05) is 6.08 Å². The smallest absolute Gasteiger partial charge is 0.0503 e. The van der Waals surface area contributed by atoms with Gasteiger partial charge in [-0.25, -0.2) is 0 Å². The minimum absolute atomic E-state index is 0.878. The molecule has 0 fully saturated rings.